The number of imidazole rings is 1. The Bertz CT molecular complexity index is 1720. The van der Waals surface area contributed by atoms with Crippen LogP contribution in [0.1, 0.15) is 37.7 Å². The molecular formula is C30H31Cl2N9O5. The SMILES string of the molecule is COC(=O)Nc1ccc(-c2nc(C(CC(=O)N3CC(C)O[C@@H](C)C3)NC(=O)/C=C/c3cc(Cl)ccc3-n3cnnn3)[nH]c2Cl)cc1. The van der Waals surface area contributed by atoms with Gasteiger partial charge in [-0.3, -0.25) is 14.9 Å². The van der Waals surface area contributed by atoms with Gasteiger partial charge in [0, 0.05) is 41.0 Å². The lowest BCUT2D eigenvalue weighted by Crippen LogP contribution is -2.49. The molecule has 0 spiro atoms. The number of amides is 3. The van der Waals surface area contributed by atoms with Gasteiger partial charge in [0.15, 0.2) is 0 Å². The fourth-order valence-electron chi connectivity index (χ4n) is 5.03. The Labute approximate surface area is 274 Å². The number of aromatic amines is 1. The monoisotopic (exact) mass is 667 g/mol. The smallest absolute Gasteiger partial charge is 0.411 e. The molecule has 1 saturated heterocycles. The van der Waals surface area contributed by atoms with Gasteiger partial charge in [-0.25, -0.2) is 9.78 Å². The number of morpholine rings is 1. The van der Waals surface area contributed by atoms with E-state index in [4.69, 9.17) is 27.9 Å². The van der Waals surface area contributed by atoms with Crippen LogP contribution in [0, 0.1) is 0 Å². The third kappa shape index (κ3) is 8.07. The molecule has 3 atom stereocenters. The topological polar surface area (TPSA) is 169 Å². The number of nitrogens with one attached hydrogen (secondary N) is 3. The minimum Gasteiger partial charge on any atom is -0.453 e. The van der Waals surface area contributed by atoms with Gasteiger partial charge in [0.1, 0.15) is 23.0 Å². The molecule has 2 aromatic heterocycles. The average molecular weight is 669 g/mol. The second-order valence-electron chi connectivity index (χ2n) is 10.6. The van der Waals surface area contributed by atoms with Crippen LogP contribution in [0.3, 0.4) is 0 Å². The predicted molar refractivity (Wildman–Crippen MR) is 170 cm³/mol. The first-order chi connectivity index (χ1) is 22.1. The molecular weight excluding hydrogens is 637 g/mol. The highest BCUT2D eigenvalue weighted by molar-refractivity contribution is 6.32. The summed E-state index contributed by atoms with van der Waals surface area (Å²) in [4.78, 5) is 47.8. The van der Waals surface area contributed by atoms with Gasteiger partial charge in [0.05, 0.1) is 37.5 Å². The summed E-state index contributed by atoms with van der Waals surface area (Å²) >= 11 is 12.8. The van der Waals surface area contributed by atoms with Crippen molar-refractivity contribution in [2.75, 3.05) is 25.5 Å². The summed E-state index contributed by atoms with van der Waals surface area (Å²) in [6, 6.07) is 11.0. The molecule has 1 aliphatic heterocycles. The number of H-pyrrole nitrogens is 1. The molecule has 0 aliphatic carbocycles. The lowest BCUT2D eigenvalue weighted by atomic mass is 10.1. The molecule has 240 valence electrons. The molecule has 2 unspecified atom stereocenters. The molecule has 16 heteroatoms. The van der Waals surface area contributed by atoms with Crippen LogP contribution in [0.4, 0.5) is 10.5 Å². The van der Waals surface area contributed by atoms with Gasteiger partial charge in [-0.1, -0.05) is 35.3 Å². The van der Waals surface area contributed by atoms with E-state index in [9.17, 15) is 14.4 Å². The second-order valence-corrected chi connectivity index (χ2v) is 11.4. The first kappa shape index (κ1) is 32.6. The largest absolute Gasteiger partial charge is 0.453 e. The van der Waals surface area contributed by atoms with Gasteiger partial charge in [-0.15, -0.1) is 5.10 Å². The highest BCUT2D eigenvalue weighted by atomic mass is 35.5. The maximum absolute atomic E-state index is 13.5. The van der Waals surface area contributed by atoms with Crippen LogP contribution in [-0.2, 0) is 19.1 Å². The molecule has 3 N–H and O–H groups in total. The van der Waals surface area contributed by atoms with Gasteiger partial charge in [0.25, 0.3) is 0 Å². The third-order valence-electron chi connectivity index (χ3n) is 7.07. The Balaban J connectivity index is 1.40. The van der Waals surface area contributed by atoms with E-state index in [0.29, 0.717) is 52.1 Å². The van der Waals surface area contributed by atoms with Crippen LogP contribution in [0.5, 0.6) is 0 Å². The number of nitrogens with zero attached hydrogens (tertiary/aromatic N) is 6. The van der Waals surface area contributed by atoms with Gasteiger partial charge in [-0.05, 0) is 60.7 Å². The molecule has 4 aromatic rings. The average Bonchev–Trinajstić information content (AvgIpc) is 3.70. The number of hydrogen-bond donors (Lipinski definition) is 3. The number of carbonyl (C=O) groups is 3. The van der Waals surface area contributed by atoms with E-state index in [1.807, 2.05) is 13.8 Å². The van der Waals surface area contributed by atoms with E-state index in [1.165, 1.54) is 24.2 Å². The Hall–Kier alpha value is -4.79. The van der Waals surface area contributed by atoms with Crippen LogP contribution in [0.2, 0.25) is 10.2 Å². The Morgan fingerprint density at radius 3 is 2.54 bits per heavy atom. The molecule has 1 aliphatic rings. The number of methoxy groups -OCH3 is 1. The van der Waals surface area contributed by atoms with E-state index < -0.39 is 18.0 Å². The van der Waals surface area contributed by atoms with Crippen molar-refractivity contribution in [3.05, 3.63) is 76.4 Å². The number of benzene rings is 2. The van der Waals surface area contributed by atoms with Crippen molar-refractivity contribution in [1.29, 1.82) is 0 Å². The Morgan fingerprint density at radius 1 is 1.13 bits per heavy atom. The Kier molecular flexibility index (Phi) is 10.3. The molecule has 3 amide bonds. The number of rotatable bonds is 9. The second kappa shape index (κ2) is 14.5. The minimum atomic E-state index is -0.858. The van der Waals surface area contributed by atoms with E-state index in [0.717, 1.165) is 0 Å². The van der Waals surface area contributed by atoms with Crippen molar-refractivity contribution >= 4 is 52.9 Å². The van der Waals surface area contributed by atoms with Crippen molar-refractivity contribution in [2.24, 2.45) is 0 Å². The number of ether oxygens (including phenoxy) is 2. The summed E-state index contributed by atoms with van der Waals surface area (Å²) in [6.45, 7) is 4.66. The van der Waals surface area contributed by atoms with Crippen molar-refractivity contribution in [3.8, 4) is 16.9 Å². The highest BCUT2D eigenvalue weighted by Crippen LogP contribution is 2.30. The van der Waals surface area contributed by atoms with Crippen LogP contribution >= 0.6 is 23.2 Å². The third-order valence-corrected chi connectivity index (χ3v) is 7.57. The maximum atomic E-state index is 13.5. The normalized spacial score (nSPS) is 17.1. The summed E-state index contributed by atoms with van der Waals surface area (Å²) in [7, 11) is 1.27. The number of aromatic nitrogens is 6. The van der Waals surface area contributed by atoms with Crippen LogP contribution < -0.4 is 10.6 Å². The molecule has 2 aromatic carbocycles. The van der Waals surface area contributed by atoms with Crippen LogP contribution in [0.25, 0.3) is 23.0 Å². The number of tetrazole rings is 1. The number of anilines is 1. The summed E-state index contributed by atoms with van der Waals surface area (Å²) in [5, 5.41) is 17.4. The molecule has 0 saturated carbocycles. The summed E-state index contributed by atoms with van der Waals surface area (Å²) in [6.07, 6.45) is 3.39. The fraction of sp³-hybridized carbons (Fsp3) is 0.300. The van der Waals surface area contributed by atoms with Crippen molar-refractivity contribution < 1.29 is 23.9 Å². The lowest BCUT2D eigenvalue weighted by Gasteiger charge is -2.36. The minimum absolute atomic E-state index is 0.0860. The van der Waals surface area contributed by atoms with Gasteiger partial charge in [-0.2, -0.15) is 4.68 Å². The van der Waals surface area contributed by atoms with Crippen LogP contribution in [0.15, 0.2) is 54.9 Å². The van der Waals surface area contributed by atoms with E-state index in [2.05, 4.69) is 40.9 Å². The van der Waals surface area contributed by atoms with E-state index in [-0.39, 0.29) is 29.7 Å². The number of halogens is 2. The lowest BCUT2D eigenvalue weighted by molar-refractivity contribution is -0.143. The van der Waals surface area contributed by atoms with Crippen LogP contribution in [-0.4, -0.2) is 85.4 Å². The molecule has 5 rings (SSSR count). The molecule has 3 heterocycles. The van der Waals surface area contributed by atoms with Crippen molar-refractivity contribution in [2.45, 2.75) is 38.5 Å². The maximum Gasteiger partial charge on any atom is 0.411 e. The molecule has 0 radical (unpaired) electrons. The zero-order chi connectivity index (χ0) is 32.8. The fourth-order valence-corrected chi connectivity index (χ4v) is 5.46. The molecule has 14 nitrogen and oxygen atoms in total. The standard InChI is InChI=1S/C30H31Cl2N9O5/c1-17-14-40(15-18(2)46-17)26(43)13-23(29-36-27(28(32)37-29)19-4-8-22(9-5-19)34-30(44)45-3)35-25(42)11-6-20-12-21(31)7-10-24(20)41-16-33-38-39-41/h4-12,16-18,23H,13-15H2,1-3H3,(H,34,44)(H,35,42)(H,36,37)/b11-6+/t17-,18?,23?/m0/s1. The summed E-state index contributed by atoms with van der Waals surface area (Å²) in [5.41, 5.74) is 2.76. The summed E-state index contributed by atoms with van der Waals surface area (Å²) < 4.78 is 11.9. The molecule has 0 bridgehead atoms. The first-order valence-corrected chi connectivity index (χ1v) is 15.0. The number of hydrogen-bond acceptors (Lipinski definition) is 9. The van der Waals surface area contributed by atoms with Gasteiger partial charge in [0.2, 0.25) is 11.8 Å². The van der Waals surface area contributed by atoms with Crippen molar-refractivity contribution in [1.82, 2.24) is 40.4 Å². The van der Waals surface area contributed by atoms with Gasteiger partial charge < -0.3 is 24.7 Å². The van der Waals surface area contributed by atoms with Gasteiger partial charge >= 0.3 is 6.09 Å². The van der Waals surface area contributed by atoms with E-state index in [1.54, 1.807) is 53.4 Å². The van der Waals surface area contributed by atoms with Crippen molar-refractivity contribution in [3.63, 3.8) is 0 Å². The van der Waals surface area contributed by atoms with E-state index >= 15 is 0 Å². The zero-order valence-electron chi connectivity index (χ0n) is 25.1. The Morgan fingerprint density at radius 2 is 1.87 bits per heavy atom. The number of carbonyl (C=O) groups excluding carboxylic acids is 3. The quantitative estimate of drug-likeness (QED) is 0.219. The molecule has 1 fully saturated rings. The highest BCUT2D eigenvalue weighted by Gasteiger charge is 2.30. The summed E-state index contributed by atoms with van der Waals surface area (Å²) in [5.74, 6) is -0.380. The predicted octanol–water partition coefficient (Wildman–Crippen LogP) is 4.43. The zero-order valence-corrected chi connectivity index (χ0v) is 26.6. The molecule has 46 heavy (non-hydrogen) atoms. The first-order valence-electron chi connectivity index (χ1n) is 14.2.